The van der Waals surface area contributed by atoms with Crippen LogP contribution >= 0.6 is 0 Å². The second-order valence-corrected chi connectivity index (χ2v) is 13.6. The number of para-hydroxylation sites is 2. The molecule has 0 fully saturated rings. The van der Waals surface area contributed by atoms with Crippen LogP contribution in [0, 0.1) is 0 Å². The highest BCUT2D eigenvalue weighted by atomic mass is 15.0. The van der Waals surface area contributed by atoms with Gasteiger partial charge < -0.3 is 9.13 Å². The fourth-order valence-corrected chi connectivity index (χ4v) is 8.47. The summed E-state index contributed by atoms with van der Waals surface area (Å²) in [6, 6.07) is 64.4. The minimum Gasteiger partial charge on any atom is -0.311 e. The van der Waals surface area contributed by atoms with Gasteiger partial charge in [-0.15, -0.1) is 0 Å². The van der Waals surface area contributed by atoms with Crippen molar-refractivity contribution in [1.29, 1.82) is 0 Å². The molecule has 2 aromatic heterocycles. The van der Waals surface area contributed by atoms with Gasteiger partial charge in [-0.05, 0) is 54.3 Å². The van der Waals surface area contributed by atoms with E-state index >= 15 is 0 Å². The Balaban J connectivity index is 1.20. The Morgan fingerprint density at radius 3 is 1.78 bits per heavy atom. The maximum atomic E-state index is 2.57. The number of aromatic nitrogens is 2. The van der Waals surface area contributed by atoms with Crippen LogP contribution in [-0.2, 0) is 6.42 Å². The van der Waals surface area contributed by atoms with Crippen LogP contribution in [0.5, 0.6) is 0 Å². The number of nitrogens with zero attached hydrogens (tertiary/aromatic N) is 2. The van der Waals surface area contributed by atoms with Crippen LogP contribution in [0.25, 0.3) is 61.3 Å². The minimum absolute atomic E-state index is 0.149. The summed E-state index contributed by atoms with van der Waals surface area (Å²) in [5, 5.41) is 3.85. The van der Waals surface area contributed by atoms with Crippen molar-refractivity contribution in [2.45, 2.75) is 12.8 Å². The zero-order valence-electron chi connectivity index (χ0n) is 28.3. The molecule has 0 aliphatic heterocycles. The highest BCUT2D eigenvalue weighted by Crippen LogP contribution is 2.42. The van der Waals surface area contributed by atoms with E-state index in [0.29, 0.717) is 0 Å². The number of hydrogen-bond acceptors (Lipinski definition) is 0. The molecule has 0 saturated heterocycles. The zero-order chi connectivity index (χ0) is 33.7. The lowest BCUT2D eigenvalue weighted by atomic mass is 9.37. The fourth-order valence-electron chi connectivity index (χ4n) is 8.47. The molecule has 51 heavy (non-hydrogen) atoms. The van der Waals surface area contributed by atoms with Crippen molar-refractivity contribution in [3.63, 3.8) is 0 Å². The van der Waals surface area contributed by atoms with Crippen molar-refractivity contribution in [3.8, 4) is 22.5 Å². The predicted molar refractivity (Wildman–Crippen MR) is 218 cm³/mol. The average Bonchev–Trinajstić information content (AvgIpc) is 3.73. The first-order valence-corrected chi connectivity index (χ1v) is 18.0. The molecule has 0 atom stereocenters. The molecular weight excluding hydrogens is 615 g/mol. The van der Waals surface area contributed by atoms with Gasteiger partial charge in [0.15, 0.2) is 0 Å². The highest BCUT2D eigenvalue weighted by molar-refractivity contribution is 6.95. The van der Waals surface area contributed by atoms with Crippen LogP contribution in [0.2, 0.25) is 0 Å². The maximum absolute atomic E-state index is 2.57. The Kier molecular flexibility index (Phi) is 7.09. The summed E-state index contributed by atoms with van der Waals surface area (Å²) in [6.45, 7) is 0.149. The van der Waals surface area contributed by atoms with Crippen LogP contribution < -0.4 is 16.4 Å². The van der Waals surface area contributed by atoms with E-state index in [4.69, 9.17) is 0 Å². The van der Waals surface area contributed by atoms with E-state index in [1.165, 1.54) is 82.9 Å². The Labute approximate surface area is 298 Å². The average molecular weight is 651 g/mol. The Morgan fingerprint density at radius 2 is 1.02 bits per heavy atom. The SMILES string of the molecule is C1=Cc2c(n(-c3cccc(-c4cccc(B(c5ccccc5)c5ccccc5)c4)c3)c3c2ccc2c4ccccc4n(-c4ccccc4)c23)CC1. The molecule has 7 aromatic carbocycles. The van der Waals surface area contributed by atoms with Crippen molar-refractivity contribution in [2.24, 2.45) is 0 Å². The largest absolute Gasteiger partial charge is 0.311 e. The van der Waals surface area contributed by atoms with Gasteiger partial charge in [-0.1, -0.05) is 174 Å². The smallest absolute Gasteiger partial charge is 0.241 e. The first kappa shape index (κ1) is 29.6. The summed E-state index contributed by atoms with van der Waals surface area (Å²) in [7, 11) is 0. The van der Waals surface area contributed by atoms with Gasteiger partial charge in [0.1, 0.15) is 0 Å². The second kappa shape index (κ2) is 12.2. The molecule has 2 heterocycles. The van der Waals surface area contributed by atoms with Crippen LogP contribution in [0.1, 0.15) is 17.7 Å². The lowest BCUT2D eigenvalue weighted by molar-refractivity contribution is 0.889. The third-order valence-corrected chi connectivity index (χ3v) is 10.7. The standard InChI is InChI=1S/C48H35BN2/c1-4-18-36(19-5-1)49(37-20-6-2-7-21-37)38-22-14-16-34(32-38)35-17-15-25-40(33-35)51-46-29-13-11-27-42(46)44-31-30-43-41-26-10-12-28-45(41)50(47(43)48(44)51)39-23-8-3-9-24-39/h1-12,14-28,30-33H,13,29H2. The molecule has 240 valence electrons. The van der Waals surface area contributed by atoms with E-state index in [1.54, 1.807) is 0 Å². The summed E-state index contributed by atoms with van der Waals surface area (Å²) >= 11 is 0. The van der Waals surface area contributed by atoms with Crippen LogP contribution in [0.4, 0.5) is 0 Å². The molecule has 0 spiro atoms. The van der Waals surface area contributed by atoms with Crippen LogP contribution in [0.15, 0.2) is 182 Å². The molecule has 0 bridgehead atoms. The van der Waals surface area contributed by atoms with Crippen molar-refractivity contribution >= 4 is 61.9 Å². The highest BCUT2D eigenvalue weighted by Gasteiger charge is 2.25. The van der Waals surface area contributed by atoms with Gasteiger partial charge in [0.2, 0.25) is 6.71 Å². The first-order valence-electron chi connectivity index (χ1n) is 18.0. The van der Waals surface area contributed by atoms with E-state index < -0.39 is 0 Å². The summed E-state index contributed by atoms with van der Waals surface area (Å²) in [5.74, 6) is 0. The van der Waals surface area contributed by atoms with Gasteiger partial charge in [-0.25, -0.2) is 0 Å². The van der Waals surface area contributed by atoms with Gasteiger partial charge in [-0.3, -0.25) is 0 Å². The third kappa shape index (κ3) is 4.88. The lowest BCUT2D eigenvalue weighted by Gasteiger charge is -2.18. The Morgan fingerprint density at radius 1 is 0.431 bits per heavy atom. The van der Waals surface area contributed by atoms with Crippen molar-refractivity contribution in [3.05, 3.63) is 193 Å². The van der Waals surface area contributed by atoms with E-state index in [0.717, 1.165) is 12.8 Å². The van der Waals surface area contributed by atoms with E-state index in [9.17, 15) is 0 Å². The van der Waals surface area contributed by atoms with E-state index in [2.05, 4.69) is 197 Å². The molecule has 1 aliphatic carbocycles. The molecule has 0 saturated carbocycles. The van der Waals surface area contributed by atoms with Crippen molar-refractivity contribution in [1.82, 2.24) is 9.13 Å². The molecule has 0 N–H and O–H groups in total. The molecule has 2 nitrogen and oxygen atoms in total. The normalized spacial score (nSPS) is 12.5. The van der Waals surface area contributed by atoms with E-state index in [-0.39, 0.29) is 6.71 Å². The molecule has 0 amide bonds. The Bertz CT molecular complexity index is 2700. The Hall–Kier alpha value is -6.32. The zero-order valence-corrected chi connectivity index (χ0v) is 28.3. The number of allylic oxidation sites excluding steroid dienone is 1. The summed E-state index contributed by atoms with van der Waals surface area (Å²) in [5.41, 5.74) is 15.2. The van der Waals surface area contributed by atoms with Gasteiger partial charge >= 0.3 is 0 Å². The fraction of sp³-hybridized carbons (Fsp3) is 0.0417. The van der Waals surface area contributed by atoms with Crippen LogP contribution in [-0.4, -0.2) is 15.8 Å². The van der Waals surface area contributed by atoms with Crippen molar-refractivity contribution < 1.29 is 0 Å². The second-order valence-electron chi connectivity index (χ2n) is 13.6. The summed E-state index contributed by atoms with van der Waals surface area (Å²) in [4.78, 5) is 0. The minimum atomic E-state index is 0.149. The molecule has 9 aromatic rings. The molecular formula is C48H35BN2. The quantitative estimate of drug-likeness (QED) is 0.159. The van der Waals surface area contributed by atoms with Gasteiger partial charge in [0, 0.05) is 38.8 Å². The van der Waals surface area contributed by atoms with Crippen molar-refractivity contribution in [2.75, 3.05) is 0 Å². The molecule has 1 aliphatic rings. The predicted octanol–water partition coefficient (Wildman–Crippen LogP) is 9.87. The van der Waals surface area contributed by atoms with Gasteiger partial charge in [0.05, 0.1) is 16.6 Å². The maximum Gasteiger partial charge on any atom is 0.241 e. The van der Waals surface area contributed by atoms with Gasteiger partial charge in [0.25, 0.3) is 0 Å². The monoisotopic (exact) mass is 650 g/mol. The molecule has 10 rings (SSSR count). The number of rotatable bonds is 6. The molecule has 0 unspecified atom stereocenters. The number of hydrogen-bond donors (Lipinski definition) is 0. The third-order valence-electron chi connectivity index (χ3n) is 10.7. The number of benzene rings is 7. The van der Waals surface area contributed by atoms with Gasteiger partial charge in [-0.2, -0.15) is 0 Å². The lowest BCUT2D eigenvalue weighted by Crippen LogP contribution is -2.51. The van der Waals surface area contributed by atoms with Crippen LogP contribution in [0.3, 0.4) is 0 Å². The van der Waals surface area contributed by atoms with E-state index in [1.807, 2.05) is 0 Å². The summed E-state index contributed by atoms with van der Waals surface area (Å²) < 4.78 is 5.04. The summed E-state index contributed by atoms with van der Waals surface area (Å²) in [6.07, 6.45) is 6.72. The number of fused-ring (bicyclic) bond motifs is 7. The topological polar surface area (TPSA) is 9.86 Å². The first-order chi connectivity index (χ1) is 25.3. The molecule has 0 radical (unpaired) electrons. The molecule has 3 heteroatoms.